The average molecular weight is 475 g/mol. The largest absolute Gasteiger partial charge is 0.378 e. The molecular weight excluding hydrogens is 451 g/mol. The second-order valence-corrected chi connectivity index (χ2v) is 9.07. The molecule has 0 radical (unpaired) electrons. The van der Waals surface area contributed by atoms with Gasteiger partial charge in [0, 0.05) is 49.3 Å². The number of allylic oxidation sites excluding steroid dienone is 1. The van der Waals surface area contributed by atoms with Gasteiger partial charge >= 0.3 is 0 Å². The number of hydrogen-bond acceptors (Lipinski definition) is 8. The number of sulfonamides is 1. The maximum atomic E-state index is 14.6. The van der Waals surface area contributed by atoms with Gasteiger partial charge < -0.3 is 19.7 Å². The van der Waals surface area contributed by atoms with Gasteiger partial charge in [-0.25, -0.2) is 17.9 Å². The first kappa shape index (κ1) is 23.1. The highest BCUT2D eigenvalue weighted by atomic mass is 32.2. The van der Waals surface area contributed by atoms with Crippen LogP contribution < -0.4 is 10.5 Å². The van der Waals surface area contributed by atoms with E-state index in [-0.39, 0.29) is 21.7 Å². The maximum Gasteiger partial charge on any atom is 0.239 e. The lowest BCUT2D eigenvalue weighted by Gasteiger charge is -2.39. The maximum absolute atomic E-state index is 14.6. The highest BCUT2D eigenvalue weighted by Gasteiger charge is 2.44. The molecule has 33 heavy (non-hydrogen) atoms. The summed E-state index contributed by atoms with van der Waals surface area (Å²) >= 11 is 0. The van der Waals surface area contributed by atoms with Gasteiger partial charge in [-0.1, -0.05) is 6.07 Å². The van der Waals surface area contributed by atoms with E-state index in [4.69, 9.17) is 14.6 Å². The van der Waals surface area contributed by atoms with Crippen LogP contribution in [0.1, 0.15) is 15.9 Å². The van der Waals surface area contributed by atoms with E-state index in [0.29, 0.717) is 43.8 Å². The fourth-order valence-corrected chi connectivity index (χ4v) is 4.87. The van der Waals surface area contributed by atoms with Crippen LogP contribution in [-0.4, -0.2) is 58.0 Å². The van der Waals surface area contributed by atoms with Crippen LogP contribution in [0.3, 0.4) is 0 Å². The van der Waals surface area contributed by atoms with Crippen LogP contribution in [0.5, 0.6) is 0 Å². The molecule has 2 aliphatic rings. The number of halogens is 1. The van der Waals surface area contributed by atoms with Crippen LogP contribution in [0.25, 0.3) is 11.3 Å². The summed E-state index contributed by atoms with van der Waals surface area (Å²) in [4.78, 5) is 16.9. The zero-order valence-electron chi connectivity index (χ0n) is 17.8. The lowest BCUT2D eigenvalue weighted by atomic mass is 9.97. The number of morpholine rings is 1. The third-order valence-corrected chi connectivity index (χ3v) is 6.63. The first-order valence-corrected chi connectivity index (χ1v) is 11.7. The van der Waals surface area contributed by atoms with E-state index in [0.717, 1.165) is 6.07 Å². The van der Waals surface area contributed by atoms with Crippen molar-refractivity contribution in [3.63, 3.8) is 0 Å². The smallest absolute Gasteiger partial charge is 0.239 e. The zero-order valence-corrected chi connectivity index (χ0v) is 18.6. The van der Waals surface area contributed by atoms with Crippen LogP contribution >= 0.6 is 0 Å². The van der Waals surface area contributed by atoms with Gasteiger partial charge in [-0.2, -0.15) is 0 Å². The SMILES string of the molecule is COC1(c2ccnc(-c3ccc(C=O)cc3F)c2)NC=C(N2CCOCC2)C=C1S(N)(=O)=O. The fraction of sp³-hybridized carbons (Fsp3) is 0.273. The van der Waals surface area contributed by atoms with Crippen molar-refractivity contribution >= 4 is 16.3 Å². The quantitative estimate of drug-likeness (QED) is 0.603. The van der Waals surface area contributed by atoms with Gasteiger partial charge in [0.1, 0.15) is 17.0 Å². The Morgan fingerprint density at radius 2 is 2.03 bits per heavy atom. The Hall–Kier alpha value is -3.12. The molecule has 0 aliphatic carbocycles. The normalized spacial score (nSPS) is 21.1. The minimum absolute atomic E-state index is 0.148. The minimum Gasteiger partial charge on any atom is -0.378 e. The van der Waals surface area contributed by atoms with Crippen molar-refractivity contribution < 1.29 is 27.1 Å². The lowest BCUT2D eigenvalue weighted by Crippen LogP contribution is -2.50. The number of benzene rings is 1. The molecule has 3 heterocycles. The molecule has 0 amide bonds. The molecule has 174 valence electrons. The molecule has 0 spiro atoms. The Balaban J connectivity index is 1.79. The number of hydrogen-bond donors (Lipinski definition) is 2. The van der Waals surface area contributed by atoms with E-state index >= 15 is 0 Å². The summed E-state index contributed by atoms with van der Waals surface area (Å²) in [6.07, 6.45) is 5.09. The number of ether oxygens (including phenoxy) is 2. The highest BCUT2D eigenvalue weighted by Crippen LogP contribution is 2.38. The minimum atomic E-state index is -4.22. The predicted octanol–water partition coefficient (Wildman–Crippen LogP) is 1.45. The van der Waals surface area contributed by atoms with Gasteiger partial charge in [0.05, 0.1) is 24.6 Å². The van der Waals surface area contributed by atoms with Gasteiger partial charge in [0.15, 0.2) is 0 Å². The molecule has 3 N–H and O–H groups in total. The number of nitrogens with two attached hydrogens (primary N) is 1. The van der Waals surface area contributed by atoms with Gasteiger partial charge in [0.25, 0.3) is 0 Å². The Labute approximate surface area is 190 Å². The van der Waals surface area contributed by atoms with Crippen LogP contribution in [0.15, 0.2) is 59.4 Å². The molecule has 9 nitrogen and oxygen atoms in total. The number of rotatable bonds is 6. The number of methoxy groups -OCH3 is 1. The highest BCUT2D eigenvalue weighted by molar-refractivity contribution is 7.93. The van der Waals surface area contributed by atoms with Gasteiger partial charge in [-0.15, -0.1) is 0 Å². The molecule has 1 saturated heterocycles. The summed E-state index contributed by atoms with van der Waals surface area (Å²) in [5, 5.41) is 8.65. The molecule has 1 atom stereocenters. The fourth-order valence-electron chi connectivity index (χ4n) is 3.92. The summed E-state index contributed by atoms with van der Waals surface area (Å²) in [6.45, 7) is 2.23. The Morgan fingerprint density at radius 1 is 1.27 bits per heavy atom. The standard InChI is InChI=1S/C22H23FN4O5S/c1-31-22(16-4-5-25-20(11-16)18-3-2-15(14-28)10-19(18)23)21(33(24,29)30)12-17(13-26-22)27-6-8-32-9-7-27/h2-5,10-14,26H,6-9H2,1H3,(H2,24,29,30). The first-order chi connectivity index (χ1) is 15.8. The van der Waals surface area contributed by atoms with Crippen molar-refractivity contribution in [1.29, 1.82) is 0 Å². The molecular formula is C22H23FN4O5S. The van der Waals surface area contributed by atoms with Crippen molar-refractivity contribution in [2.24, 2.45) is 5.14 Å². The molecule has 2 aromatic rings. The van der Waals surface area contributed by atoms with Gasteiger partial charge in [-0.3, -0.25) is 9.78 Å². The molecule has 0 bridgehead atoms. The third kappa shape index (κ3) is 4.40. The van der Waals surface area contributed by atoms with Crippen LogP contribution in [0.2, 0.25) is 0 Å². The molecule has 0 saturated carbocycles. The average Bonchev–Trinajstić information content (AvgIpc) is 2.83. The van der Waals surface area contributed by atoms with Crippen LogP contribution in [0.4, 0.5) is 4.39 Å². The van der Waals surface area contributed by atoms with E-state index in [1.165, 1.54) is 37.6 Å². The topological polar surface area (TPSA) is 124 Å². The number of primary sulfonamides is 1. The second-order valence-electron chi connectivity index (χ2n) is 7.54. The monoisotopic (exact) mass is 474 g/mol. The number of carbonyl (C=O) groups excluding carboxylic acids is 1. The van der Waals surface area contributed by atoms with E-state index in [1.54, 1.807) is 12.3 Å². The Bertz CT molecular complexity index is 1240. The molecule has 1 aromatic carbocycles. The molecule has 2 aliphatic heterocycles. The molecule has 1 unspecified atom stereocenters. The number of aldehydes is 1. The number of aromatic nitrogens is 1. The van der Waals surface area contributed by atoms with Crippen LogP contribution in [0, 0.1) is 5.82 Å². The summed E-state index contributed by atoms with van der Waals surface area (Å²) in [5.41, 5.74) is -0.103. The van der Waals surface area contributed by atoms with Crippen molar-refractivity contribution in [3.8, 4) is 11.3 Å². The van der Waals surface area contributed by atoms with Gasteiger partial charge in [0.2, 0.25) is 15.7 Å². The van der Waals surface area contributed by atoms with E-state index < -0.39 is 21.6 Å². The third-order valence-electron chi connectivity index (χ3n) is 5.61. The van der Waals surface area contributed by atoms with Crippen molar-refractivity contribution in [2.45, 2.75) is 5.72 Å². The Morgan fingerprint density at radius 3 is 2.67 bits per heavy atom. The Kier molecular flexibility index (Phi) is 6.30. The molecule has 1 fully saturated rings. The lowest BCUT2D eigenvalue weighted by molar-refractivity contribution is 0.00198. The second kappa shape index (κ2) is 9.02. The van der Waals surface area contributed by atoms with Crippen molar-refractivity contribution in [3.05, 3.63) is 76.4 Å². The number of nitrogens with one attached hydrogen (secondary N) is 1. The number of pyridine rings is 1. The van der Waals surface area contributed by atoms with Crippen molar-refractivity contribution in [2.75, 3.05) is 33.4 Å². The van der Waals surface area contributed by atoms with Crippen LogP contribution in [-0.2, 0) is 25.2 Å². The summed E-state index contributed by atoms with van der Waals surface area (Å²) < 4.78 is 51.0. The summed E-state index contributed by atoms with van der Waals surface area (Å²) in [7, 11) is -2.87. The number of dihydropyridines is 1. The first-order valence-electron chi connectivity index (χ1n) is 10.1. The molecule has 1 aromatic heterocycles. The molecule has 11 heteroatoms. The van der Waals surface area contributed by atoms with Gasteiger partial charge in [-0.05, 0) is 30.3 Å². The predicted molar refractivity (Wildman–Crippen MR) is 119 cm³/mol. The van der Waals surface area contributed by atoms with E-state index in [2.05, 4.69) is 10.3 Å². The zero-order chi connectivity index (χ0) is 23.6. The van der Waals surface area contributed by atoms with Crippen molar-refractivity contribution in [1.82, 2.24) is 15.2 Å². The van der Waals surface area contributed by atoms with E-state index in [9.17, 15) is 17.6 Å². The summed E-state index contributed by atoms with van der Waals surface area (Å²) in [6, 6.07) is 7.09. The molecule has 4 rings (SSSR count). The summed E-state index contributed by atoms with van der Waals surface area (Å²) in [5.74, 6) is -0.635. The number of carbonyl (C=O) groups is 1. The van der Waals surface area contributed by atoms with E-state index in [1.807, 2.05) is 4.90 Å². The number of nitrogens with zero attached hydrogens (tertiary/aromatic N) is 2.